The Morgan fingerprint density at radius 1 is 1.45 bits per heavy atom. The molecule has 106 valence electrons. The van der Waals surface area contributed by atoms with E-state index < -0.39 is 5.82 Å². The molecule has 0 aliphatic rings. The molecule has 2 aromatic rings. The van der Waals surface area contributed by atoms with Crippen LogP contribution in [0.15, 0.2) is 36.5 Å². The Morgan fingerprint density at radius 3 is 2.95 bits per heavy atom. The van der Waals surface area contributed by atoms with Crippen molar-refractivity contribution in [3.05, 3.63) is 42.3 Å². The maximum atomic E-state index is 12.9. The van der Waals surface area contributed by atoms with Crippen LogP contribution in [-0.2, 0) is 4.79 Å². The molecule has 1 N–H and O–H groups in total. The van der Waals surface area contributed by atoms with E-state index in [2.05, 4.69) is 10.4 Å². The van der Waals surface area contributed by atoms with Gasteiger partial charge in [-0.2, -0.15) is 5.10 Å². The van der Waals surface area contributed by atoms with Crippen molar-refractivity contribution < 1.29 is 13.9 Å². The number of rotatable bonds is 5. The van der Waals surface area contributed by atoms with Gasteiger partial charge < -0.3 is 10.1 Å². The summed E-state index contributed by atoms with van der Waals surface area (Å²) in [6.07, 6.45) is 1.61. The number of hydrogen-bond acceptors (Lipinski definition) is 3. The summed E-state index contributed by atoms with van der Waals surface area (Å²) >= 11 is 0. The average Bonchev–Trinajstić information content (AvgIpc) is 2.85. The second kappa shape index (κ2) is 6.18. The number of halogens is 1. The van der Waals surface area contributed by atoms with Gasteiger partial charge in [-0.15, -0.1) is 0 Å². The van der Waals surface area contributed by atoms with Gasteiger partial charge in [-0.25, -0.2) is 9.07 Å². The molecule has 0 aliphatic carbocycles. The zero-order chi connectivity index (χ0) is 14.5. The fourth-order valence-corrected chi connectivity index (χ4v) is 1.71. The average molecular weight is 277 g/mol. The highest BCUT2D eigenvalue weighted by Gasteiger charge is 2.10. The minimum absolute atomic E-state index is 0.143. The smallest absolute Gasteiger partial charge is 0.263 e. The van der Waals surface area contributed by atoms with E-state index >= 15 is 0 Å². The maximum absolute atomic E-state index is 12.9. The summed E-state index contributed by atoms with van der Waals surface area (Å²) in [4.78, 5) is 11.8. The second-order valence-electron chi connectivity index (χ2n) is 4.55. The fraction of sp³-hybridized carbons (Fsp3) is 0.286. The maximum Gasteiger partial charge on any atom is 0.263 e. The van der Waals surface area contributed by atoms with E-state index in [-0.39, 0.29) is 18.6 Å². The summed E-state index contributed by atoms with van der Waals surface area (Å²) in [5.41, 5.74) is 0. The van der Waals surface area contributed by atoms with Crippen LogP contribution in [0.5, 0.6) is 5.75 Å². The number of nitrogens with zero attached hydrogens (tertiary/aromatic N) is 2. The number of benzene rings is 1. The van der Waals surface area contributed by atoms with Crippen LogP contribution in [0.1, 0.15) is 19.9 Å². The van der Waals surface area contributed by atoms with Crippen molar-refractivity contribution in [2.45, 2.75) is 19.9 Å². The summed E-state index contributed by atoms with van der Waals surface area (Å²) in [7, 11) is 0. The lowest BCUT2D eigenvalue weighted by molar-refractivity contribution is -0.118. The van der Waals surface area contributed by atoms with Gasteiger partial charge in [0.15, 0.2) is 6.61 Å². The van der Waals surface area contributed by atoms with Crippen LogP contribution in [-0.4, -0.2) is 22.3 Å². The number of anilines is 1. The Kier molecular flexibility index (Phi) is 4.34. The van der Waals surface area contributed by atoms with Crippen molar-refractivity contribution in [3.63, 3.8) is 0 Å². The Balaban J connectivity index is 1.91. The van der Waals surface area contributed by atoms with E-state index in [1.165, 1.54) is 18.2 Å². The van der Waals surface area contributed by atoms with Gasteiger partial charge in [0.25, 0.3) is 5.91 Å². The highest BCUT2D eigenvalue weighted by molar-refractivity contribution is 5.91. The summed E-state index contributed by atoms with van der Waals surface area (Å²) < 4.78 is 19.9. The molecule has 0 atom stereocenters. The van der Waals surface area contributed by atoms with Gasteiger partial charge in [0, 0.05) is 18.2 Å². The molecular formula is C14H16FN3O2. The number of aromatic nitrogens is 2. The van der Waals surface area contributed by atoms with Gasteiger partial charge in [0.1, 0.15) is 17.4 Å². The largest absolute Gasteiger partial charge is 0.484 e. The van der Waals surface area contributed by atoms with Crippen LogP contribution in [0.3, 0.4) is 0 Å². The highest BCUT2D eigenvalue weighted by Crippen LogP contribution is 2.14. The summed E-state index contributed by atoms with van der Waals surface area (Å²) in [5, 5.41) is 6.81. The summed E-state index contributed by atoms with van der Waals surface area (Å²) in [6.45, 7) is 3.74. The van der Waals surface area contributed by atoms with E-state index in [1.54, 1.807) is 23.0 Å². The molecule has 0 aliphatic heterocycles. The standard InChI is InChI=1S/C14H16FN3O2/c1-10(2)18-13(6-7-16-18)17-14(19)9-20-12-5-3-4-11(15)8-12/h3-8,10H,9H2,1-2H3,(H,17,19). The minimum Gasteiger partial charge on any atom is -0.484 e. The summed E-state index contributed by atoms with van der Waals surface area (Å²) in [6, 6.07) is 7.51. The molecule has 1 amide bonds. The monoisotopic (exact) mass is 277 g/mol. The van der Waals surface area contributed by atoms with E-state index in [0.717, 1.165) is 0 Å². The molecule has 0 bridgehead atoms. The number of ether oxygens (including phenoxy) is 1. The van der Waals surface area contributed by atoms with Crippen molar-refractivity contribution in [1.29, 1.82) is 0 Å². The normalized spacial score (nSPS) is 10.6. The molecule has 0 spiro atoms. The van der Waals surface area contributed by atoms with E-state index in [9.17, 15) is 9.18 Å². The Bertz CT molecular complexity index is 596. The van der Waals surface area contributed by atoms with Crippen molar-refractivity contribution in [2.75, 3.05) is 11.9 Å². The molecule has 2 rings (SSSR count). The van der Waals surface area contributed by atoms with Gasteiger partial charge in [-0.1, -0.05) is 6.07 Å². The van der Waals surface area contributed by atoms with Crippen molar-refractivity contribution in [1.82, 2.24) is 9.78 Å². The van der Waals surface area contributed by atoms with Gasteiger partial charge >= 0.3 is 0 Å². The first-order valence-electron chi connectivity index (χ1n) is 6.28. The molecule has 20 heavy (non-hydrogen) atoms. The first-order chi connectivity index (χ1) is 9.56. The molecule has 1 aromatic heterocycles. The fourth-order valence-electron chi connectivity index (χ4n) is 1.71. The molecule has 0 saturated heterocycles. The van der Waals surface area contributed by atoms with Gasteiger partial charge in [-0.05, 0) is 26.0 Å². The van der Waals surface area contributed by atoms with Gasteiger partial charge in [-0.3, -0.25) is 4.79 Å². The molecule has 0 saturated carbocycles. The van der Waals surface area contributed by atoms with Crippen LogP contribution < -0.4 is 10.1 Å². The molecular weight excluding hydrogens is 261 g/mol. The molecule has 1 heterocycles. The zero-order valence-electron chi connectivity index (χ0n) is 11.3. The third-order valence-electron chi connectivity index (χ3n) is 2.59. The quantitative estimate of drug-likeness (QED) is 0.914. The minimum atomic E-state index is -0.402. The number of carbonyl (C=O) groups is 1. The van der Waals surface area contributed by atoms with E-state index in [4.69, 9.17) is 4.74 Å². The van der Waals surface area contributed by atoms with E-state index in [0.29, 0.717) is 11.6 Å². The highest BCUT2D eigenvalue weighted by atomic mass is 19.1. The first-order valence-corrected chi connectivity index (χ1v) is 6.28. The third kappa shape index (κ3) is 3.57. The lowest BCUT2D eigenvalue weighted by Crippen LogP contribution is -2.22. The lowest BCUT2D eigenvalue weighted by Gasteiger charge is -2.12. The van der Waals surface area contributed by atoms with Crippen LogP contribution in [0.4, 0.5) is 10.2 Å². The number of carbonyl (C=O) groups excluding carboxylic acids is 1. The Morgan fingerprint density at radius 2 is 2.25 bits per heavy atom. The zero-order valence-corrected chi connectivity index (χ0v) is 11.3. The predicted octanol–water partition coefficient (Wildman–Crippen LogP) is 2.62. The molecule has 6 heteroatoms. The van der Waals surface area contributed by atoms with Crippen molar-refractivity contribution in [2.24, 2.45) is 0 Å². The number of amides is 1. The Hall–Kier alpha value is -2.37. The van der Waals surface area contributed by atoms with Gasteiger partial charge in [0.05, 0.1) is 6.20 Å². The van der Waals surface area contributed by atoms with Crippen LogP contribution in [0.25, 0.3) is 0 Å². The van der Waals surface area contributed by atoms with Crippen molar-refractivity contribution >= 4 is 11.7 Å². The SMILES string of the molecule is CC(C)n1nccc1NC(=O)COc1cccc(F)c1. The topological polar surface area (TPSA) is 56.2 Å². The summed E-state index contributed by atoms with van der Waals surface area (Å²) in [5.74, 6) is 0.197. The number of hydrogen-bond donors (Lipinski definition) is 1. The molecule has 5 nitrogen and oxygen atoms in total. The van der Waals surface area contributed by atoms with Crippen LogP contribution >= 0.6 is 0 Å². The molecule has 1 aromatic carbocycles. The van der Waals surface area contributed by atoms with E-state index in [1.807, 2.05) is 13.8 Å². The third-order valence-corrected chi connectivity index (χ3v) is 2.59. The Labute approximate surface area is 116 Å². The number of nitrogens with one attached hydrogen (secondary N) is 1. The van der Waals surface area contributed by atoms with Crippen LogP contribution in [0, 0.1) is 5.82 Å². The lowest BCUT2D eigenvalue weighted by atomic mass is 10.3. The molecule has 0 fully saturated rings. The first kappa shape index (κ1) is 14.0. The second-order valence-corrected chi connectivity index (χ2v) is 4.55. The molecule has 0 unspecified atom stereocenters. The van der Waals surface area contributed by atoms with Crippen molar-refractivity contribution in [3.8, 4) is 5.75 Å². The van der Waals surface area contributed by atoms with Gasteiger partial charge in [0.2, 0.25) is 0 Å². The molecule has 0 radical (unpaired) electrons. The van der Waals surface area contributed by atoms with Crippen LogP contribution in [0.2, 0.25) is 0 Å². The predicted molar refractivity (Wildman–Crippen MR) is 73.1 cm³/mol.